The third-order valence-corrected chi connectivity index (χ3v) is 3.95. The zero-order valence-corrected chi connectivity index (χ0v) is 14.0. The number of methoxy groups -OCH3 is 1. The van der Waals surface area contributed by atoms with E-state index in [1.165, 1.54) is 13.2 Å². The van der Waals surface area contributed by atoms with Crippen LogP contribution in [0.15, 0.2) is 36.4 Å². The number of amides is 1. The summed E-state index contributed by atoms with van der Waals surface area (Å²) in [5, 5.41) is 2.86. The Kier molecular flexibility index (Phi) is 5.38. The van der Waals surface area contributed by atoms with E-state index in [-0.39, 0.29) is 18.1 Å². The highest BCUT2D eigenvalue weighted by Gasteiger charge is 2.12. The van der Waals surface area contributed by atoms with Crippen molar-refractivity contribution in [3.8, 4) is 17.2 Å². The summed E-state index contributed by atoms with van der Waals surface area (Å²) < 4.78 is 29.5. The van der Waals surface area contributed by atoms with Crippen molar-refractivity contribution >= 4 is 5.91 Å². The number of hydrogen-bond donors (Lipinski definition) is 1. The van der Waals surface area contributed by atoms with E-state index in [4.69, 9.17) is 14.2 Å². The molecule has 3 rings (SSSR count). The number of benzene rings is 2. The van der Waals surface area contributed by atoms with Gasteiger partial charge in [-0.25, -0.2) is 4.39 Å². The lowest BCUT2D eigenvalue weighted by atomic mass is 10.1. The topological polar surface area (TPSA) is 56.8 Å². The van der Waals surface area contributed by atoms with Gasteiger partial charge in [-0.05, 0) is 41.8 Å². The van der Waals surface area contributed by atoms with Gasteiger partial charge < -0.3 is 19.5 Å². The van der Waals surface area contributed by atoms with Gasteiger partial charge in [0.1, 0.15) is 13.2 Å². The summed E-state index contributed by atoms with van der Waals surface area (Å²) in [6.45, 7) is 1.49. The number of carbonyl (C=O) groups is 1. The Morgan fingerprint density at radius 2 is 1.88 bits per heavy atom. The minimum atomic E-state index is -0.420. The third-order valence-electron chi connectivity index (χ3n) is 3.95. The van der Waals surface area contributed by atoms with E-state index in [9.17, 15) is 9.18 Å². The molecule has 1 N–H and O–H groups in total. The lowest BCUT2D eigenvalue weighted by Gasteiger charge is -2.19. The molecule has 1 amide bonds. The summed E-state index contributed by atoms with van der Waals surface area (Å²) in [6.07, 6.45) is 0.754. The van der Waals surface area contributed by atoms with E-state index in [0.717, 1.165) is 16.9 Å². The molecule has 0 saturated heterocycles. The number of carbonyl (C=O) groups excluding carboxylic acids is 1. The molecule has 25 heavy (non-hydrogen) atoms. The molecular weight excluding hydrogens is 325 g/mol. The number of halogens is 1. The second-order valence-electron chi connectivity index (χ2n) is 5.72. The first-order valence-corrected chi connectivity index (χ1v) is 8.13. The number of ether oxygens (including phenoxy) is 3. The van der Waals surface area contributed by atoms with E-state index in [1.807, 2.05) is 18.2 Å². The lowest BCUT2D eigenvalue weighted by molar-refractivity contribution is -0.121. The number of hydrogen-bond acceptors (Lipinski definition) is 4. The van der Waals surface area contributed by atoms with Gasteiger partial charge in [-0.3, -0.25) is 4.79 Å². The molecule has 5 nitrogen and oxygen atoms in total. The fourth-order valence-corrected chi connectivity index (χ4v) is 2.61. The van der Waals surface area contributed by atoms with Crippen molar-refractivity contribution in [3.05, 3.63) is 53.3 Å². The van der Waals surface area contributed by atoms with Crippen molar-refractivity contribution in [2.75, 3.05) is 20.3 Å². The summed E-state index contributed by atoms with van der Waals surface area (Å²) in [6, 6.07) is 10.3. The van der Waals surface area contributed by atoms with Gasteiger partial charge in [0.25, 0.3) is 0 Å². The van der Waals surface area contributed by atoms with E-state index >= 15 is 0 Å². The van der Waals surface area contributed by atoms with Crippen molar-refractivity contribution in [2.24, 2.45) is 0 Å². The number of fused-ring (bicyclic) bond motifs is 1. The predicted octanol–water partition coefficient (Wildman–Crippen LogP) is 2.85. The molecule has 0 aromatic heterocycles. The molecule has 0 aliphatic carbocycles. The predicted molar refractivity (Wildman–Crippen MR) is 90.6 cm³/mol. The molecule has 0 spiro atoms. The highest BCUT2D eigenvalue weighted by Crippen LogP contribution is 2.30. The summed E-state index contributed by atoms with van der Waals surface area (Å²) in [4.78, 5) is 12.0. The van der Waals surface area contributed by atoms with Crippen LogP contribution in [-0.2, 0) is 17.8 Å². The molecular formula is C19H20FNO4. The van der Waals surface area contributed by atoms with Gasteiger partial charge >= 0.3 is 0 Å². The lowest BCUT2D eigenvalue weighted by Crippen LogP contribution is -2.23. The molecule has 0 unspecified atom stereocenters. The molecule has 1 aliphatic heterocycles. The standard InChI is InChI=1S/C19H20FNO4/c1-23-16-5-2-13(10-15(16)20)4-7-19(22)21-12-14-3-6-17-18(11-14)25-9-8-24-17/h2-3,5-6,10-11H,4,7-9,12H2,1H3,(H,21,22). The van der Waals surface area contributed by atoms with Crippen LogP contribution in [0.5, 0.6) is 17.2 Å². The van der Waals surface area contributed by atoms with Crippen LogP contribution in [0, 0.1) is 5.82 Å². The zero-order chi connectivity index (χ0) is 17.6. The smallest absolute Gasteiger partial charge is 0.220 e. The molecule has 0 saturated carbocycles. The van der Waals surface area contributed by atoms with Gasteiger partial charge in [0.15, 0.2) is 23.1 Å². The highest BCUT2D eigenvalue weighted by atomic mass is 19.1. The maximum absolute atomic E-state index is 13.6. The Balaban J connectivity index is 1.49. The van der Waals surface area contributed by atoms with E-state index in [0.29, 0.717) is 31.9 Å². The van der Waals surface area contributed by atoms with Gasteiger partial charge in [0.2, 0.25) is 5.91 Å². The average molecular weight is 345 g/mol. The van der Waals surface area contributed by atoms with Crippen LogP contribution in [0.4, 0.5) is 4.39 Å². The third kappa shape index (κ3) is 4.41. The Morgan fingerprint density at radius 3 is 2.64 bits per heavy atom. The SMILES string of the molecule is COc1ccc(CCC(=O)NCc2ccc3c(c2)OCCO3)cc1F. The van der Waals surface area contributed by atoms with Crippen LogP contribution in [0.1, 0.15) is 17.5 Å². The van der Waals surface area contributed by atoms with Crippen LogP contribution in [0.2, 0.25) is 0 Å². The van der Waals surface area contributed by atoms with Crippen molar-refractivity contribution in [1.29, 1.82) is 0 Å². The Hall–Kier alpha value is -2.76. The molecule has 2 aromatic carbocycles. The van der Waals surface area contributed by atoms with Crippen molar-refractivity contribution < 1.29 is 23.4 Å². The Labute approximate surface area is 145 Å². The second kappa shape index (κ2) is 7.88. The average Bonchev–Trinajstić information content (AvgIpc) is 2.64. The largest absolute Gasteiger partial charge is 0.494 e. The second-order valence-corrected chi connectivity index (χ2v) is 5.72. The molecule has 0 fully saturated rings. The number of rotatable bonds is 6. The van der Waals surface area contributed by atoms with Gasteiger partial charge in [-0.2, -0.15) is 0 Å². The number of aryl methyl sites for hydroxylation is 1. The molecule has 0 radical (unpaired) electrons. The van der Waals surface area contributed by atoms with Crippen molar-refractivity contribution in [2.45, 2.75) is 19.4 Å². The van der Waals surface area contributed by atoms with Crippen LogP contribution in [0.25, 0.3) is 0 Å². The molecule has 0 bridgehead atoms. The van der Waals surface area contributed by atoms with Gasteiger partial charge in [-0.1, -0.05) is 12.1 Å². The minimum absolute atomic E-state index is 0.0916. The fraction of sp³-hybridized carbons (Fsp3) is 0.316. The first-order chi connectivity index (χ1) is 12.2. The van der Waals surface area contributed by atoms with Crippen LogP contribution >= 0.6 is 0 Å². The summed E-state index contributed by atoms with van der Waals surface area (Å²) in [5.74, 6) is 1.11. The van der Waals surface area contributed by atoms with Crippen LogP contribution in [-0.4, -0.2) is 26.2 Å². The van der Waals surface area contributed by atoms with Crippen molar-refractivity contribution in [1.82, 2.24) is 5.32 Å². The van der Waals surface area contributed by atoms with E-state index < -0.39 is 5.82 Å². The zero-order valence-electron chi connectivity index (χ0n) is 14.0. The minimum Gasteiger partial charge on any atom is -0.494 e. The summed E-state index contributed by atoms with van der Waals surface area (Å²) in [5.41, 5.74) is 1.70. The fourth-order valence-electron chi connectivity index (χ4n) is 2.61. The normalized spacial score (nSPS) is 12.6. The van der Waals surface area contributed by atoms with E-state index in [2.05, 4.69) is 5.32 Å². The highest BCUT2D eigenvalue weighted by molar-refractivity contribution is 5.76. The van der Waals surface area contributed by atoms with Crippen LogP contribution in [0.3, 0.4) is 0 Å². The van der Waals surface area contributed by atoms with Gasteiger partial charge in [0, 0.05) is 13.0 Å². The summed E-state index contributed by atoms with van der Waals surface area (Å²) >= 11 is 0. The van der Waals surface area contributed by atoms with Crippen molar-refractivity contribution in [3.63, 3.8) is 0 Å². The Bertz CT molecular complexity index is 763. The molecule has 6 heteroatoms. The Morgan fingerprint density at radius 1 is 1.12 bits per heavy atom. The first-order valence-electron chi connectivity index (χ1n) is 8.13. The van der Waals surface area contributed by atoms with Gasteiger partial charge in [-0.15, -0.1) is 0 Å². The maximum atomic E-state index is 13.6. The molecule has 1 aliphatic rings. The first kappa shape index (κ1) is 17.1. The van der Waals surface area contributed by atoms with Crippen LogP contribution < -0.4 is 19.5 Å². The molecule has 1 heterocycles. The summed E-state index contributed by atoms with van der Waals surface area (Å²) in [7, 11) is 1.42. The maximum Gasteiger partial charge on any atom is 0.220 e. The molecule has 2 aromatic rings. The van der Waals surface area contributed by atoms with Gasteiger partial charge in [0.05, 0.1) is 7.11 Å². The number of nitrogens with one attached hydrogen (secondary N) is 1. The monoisotopic (exact) mass is 345 g/mol. The molecule has 0 atom stereocenters. The molecule has 132 valence electrons. The van der Waals surface area contributed by atoms with E-state index in [1.54, 1.807) is 12.1 Å². The quantitative estimate of drug-likeness (QED) is 0.875.